The Morgan fingerprint density at radius 3 is 1.23 bits per heavy atom. The number of hydrogen-bond acceptors (Lipinski definition) is 2. The zero-order valence-corrected chi connectivity index (χ0v) is 32.9. The highest BCUT2D eigenvalue weighted by Gasteiger charge is 2.19. The van der Waals surface area contributed by atoms with E-state index in [4.69, 9.17) is 4.42 Å². The van der Waals surface area contributed by atoms with E-state index in [2.05, 4.69) is 229 Å². The highest BCUT2D eigenvalue weighted by atomic mass is 16.3. The minimum Gasteiger partial charge on any atom is -0.455 e. The Morgan fingerprint density at radius 2 is 0.683 bits per heavy atom. The first kappa shape index (κ1) is 35.2. The maximum atomic E-state index is 6.58. The summed E-state index contributed by atoms with van der Waals surface area (Å²) in [6, 6.07) is 84.8. The summed E-state index contributed by atoms with van der Waals surface area (Å²) in [5.41, 5.74) is 14.5. The van der Waals surface area contributed by atoms with Crippen molar-refractivity contribution in [2.75, 3.05) is 4.90 Å². The molecule has 0 amide bonds. The van der Waals surface area contributed by atoms with Gasteiger partial charge in [0.1, 0.15) is 11.3 Å². The maximum Gasteiger partial charge on any atom is 0.143 e. The molecule has 60 heavy (non-hydrogen) atoms. The highest BCUT2D eigenvalue weighted by molar-refractivity contribution is 6.02. The summed E-state index contributed by atoms with van der Waals surface area (Å²) >= 11 is 0. The predicted octanol–water partition coefficient (Wildman–Crippen LogP) is 16.5. The van der Waals surface area contributed by atoms with Gasteiger partial charge < -0.3 is 9.32 Å². The minimum atomic E-state index is 0.881. The van der Waals surface area contributed by atoms with Crippen molar-refractivity contribution < 1.29 is 4.42 Å². The van der Waals surface area contributed by atoms with Crippen molar-refractivity contribution in [1.29, 1.82) is 0 Å². The van der Waals surface area contributed by atoms with Gasteiger partial charge in [-0.15, -0.1) is 0 Å². The summed E-state index contributed by atoms with van der Waals surface area (Å²) < 4.78 is 6.58. The van der Waals surface area contributed by atoms with Gasteiger partial charge in [-0.25, -0.2) is 0 Å². The van der Waals surface area contributed by atoms with Crippen LogP contribution in [0.4, 0.5) is 17.1 Å². The number of rotatable bonds is 8. The van der Waals surface area contributed by atoms with E-state index in [0.29, 0.717) is 0 Å². The van der Waals surface area contributed by atoms with Crippen molar-refractivity contribution in [2.45, 2.75) is 0 Å². The number of benzene rings is 10. The van der Waals surface area contributed by atoms with Gasteiger partial charge >= 0.3 is 0 Å². The summed E-state index contributed by atoms with van der Waals surface area (Å²) in [5, 5.41) is 6.10. The van der Waals surface area contributed by atoms with Gasteiger partial charge in [-0.3, -0.25) is 0 Å². The largest absolute Gasteiger partial charge is 0.455 e. The molecule has 0 aliphatic heterocycles. The molecule has 0 spiro atoms. The van der Waals surface area contributed by atoms with E-state index in [1.165, 1.54) is 43.8 Å². The lowest BCUT2D eigenvalue weighted by atomic mass is 9.96. The van der Waals surface area contributed by atoms with Crippen LogP contribution >= 0.6 is 0 Å². The van der Waals surface area contributed by atoms with Crippen LogP contribution in [-0.4, -0.2) is 0 Å². The van der Waals surface area contributed by atoms with Crippen molar-refractivity contribution in [3.05, 3.63) is 237 Å². The summed E-state index contributed by atoms with van der Waals surface area (Å²) in [7, 11) is 0. The Morgan fingerprint density at radius 1 is 0.267 bits per heavy atom. The van der Waals surface area contributed by atoms with Crippen molar-refractivity contribution in [3.63, 3.8) is 0 Å². The lowest BCUT2D eigenvalue weighted by Gasteiger charge is -2.26. The monoisotopic (exact) mass is 765 g/mol. The van der Waals surface area contributed by atoms with Crippen LogP contribution in [0, 0.1) is 0 Å². The molecule has 0 fully saturated rings. The van der Waals surface area contributed by atoms with E-state index in [1.54, 1.807) is 0 Å². The molecule has 1 heterocycles. The van der Waals surface area contributed by atoms with Gasteiger partial charge in [0.25, 0.3) is 0 Å². The smallest absolute Gasteiger partial charge is 0.143 e. The van der Waals surface area contributed by atoms with E-state index in [9.17, 15) is 0 Å². The van der Waals surface area contributed by atoms with Gasteiger partial charge in [0.15, 0.2) is 0 Å². The minimum absolute atomic E-state index is 0.881. The first-order chi connectivity index (χ1) is 29.7. The quantitative estimate of drug-likeness (QED) is 0.153. The van der Waals surface area contributed by atoms with Gasteiger partial charge in [-0.1, -0.05) is 176 Å². The summed E-state index contributed by atoms with van der Waals surface area (Å²) in [6.07, 6.45) is 0. The molecule has 282 valence electrons. The molecule has 0 N–H and O–H groups in total. The Hall–Kier alpha value is -7.94. The standard InChI is InChI=1S/C58H39NO/c1-2-13-45(14-3-1)57-55-19-8-9-20-56(55)60-58(57)51-18-10-17-48(39-51)42-25-31-52(32-26-42)59(53-33-27-43(28-34-53)49-23-21-40-11-4-6-15-46(40)37-49)54-35-29-44(30-36-54)50-24-22-41-12-5-7-16-47(41)38-50/h1-39H. The van der Waals surface area contributed by atoms with E-state index in [-0.39, 0.29) is 0 Å². The molecule has 10 aromatic carbocycles. The lowest BCUT2D eigenvalue weighted by molar-refractivity contribution is 0.632. The molecule has 2 nitrogen and oxygen atoms in total. The van der Waals surface area contributed by atoms with Crippen LogP contribution in [0.2, 0.25) is 0 Å². The molecule has 2 heteroatoms. The first-order valence-electron chi connectivity index (χ1n) is 20.5. The molecule has 0 atom stereocenters. The van der Waals surface area contributed by atoms with Crippen LogP contribution in [0.1, 0.15) is 0 Å². The second-order valence-electron chi connectivity index (χ2n) is 15.3. The Balaban J connectivity index is 0.955. The number of anilines is 3. The second-order valence-corrected chi connectivity index (χ2v) is 15.3. The first-order valence-corrected chi connectivity index (χ1v) is 20.5. The highest BCUT2D eigenvalue weighted by Crippen LogP contribution is 2.43. The van der Waals surface area contributed by atoms with Crippen LogP contribution in [0.5, 0.6) is 0 Å². The van der Waals surface area contributed by atoms with Gasteiger partial charge in [-0.2, -0.15) is 0 Å². The number of para-hydroxylation sites is 1. The molecule has 1 aromatic heterocycles. The Bertz CT molecular complexity index is 3170. The Labute approximate surface area is 349 Å². The molecular formula is C58H39NO. The normalized spacial score (nSPS) is 11.3. The van der Waals surface area contributed by atoms with Crippen molar-refractivity contribution in [2.24, 2.45) is 0 Å². The third-order valence-corrected chi connectivity index (χ3v) is 11.7. The predicted molar refractivity (Wildman–Crippen MR) is 253 cm³/mol. The fourth-order valence-corrected chi connectivity index (χ4v) is 8.57. The zero-order chi connectivity index (χ0) is 39.8. The van der Waals surface area contributed by atoms with Crippen LogP contribution in [0.25, 0.3) is 88.3 Å². The van der Waals surface area contributed by atoms with Crippen molar-refractivity contribution >= 4 is 49.6 Å². The van der Waals surface area contributed by atoms with Gasteiger partial charge in [0, 0.05) is 33.6 Å². The van der Waals surface area contributed by atoms with Gasteiger partial charge in [0.05, 0.1) is 0 Å². The number of fused-ring (bicyclic) bond motifs is 3. The zero-order valence-electron chi connectivity index (χ0n) is 32.9. The third kappa shape index (κ3) is 6.61. The van der Waals surface area contributed by atoms with E-state index < -0.39 is 0 Å². The topological polar surface area (TPSA) is 16.4 Å². The molecule has 11 aromatic rings. The number of nitrogens with zero attached hydrogens (tertiary/aromatic N) is 1. The summed E-state index contributed by atoms with van der Waals surface area (Å²) in [4.78, 5) is 2.34. The molecule has 0 saturated heterocycles. The molecule has 0 unspecified atom stereocenters. The Kier molecular flexibility index (Phi) is 8.87. The average Bonchev–Trinajstić information content (AvgIpc) is 3.72. The summed E-state index contributed by atoms with van der Waals surface area (Å²) in [6.45, 7) is 0. The molecule has 0 aliphatic rings. The van der Waals surface area contributed by atoms with E-state index in [1.807, 2.05) is 12.1 Å². The lowest BCUT2D eigenvalue weighted by Crippen LogP contribution is -2.09. The van der Waals surface area contributed by atoms with Crippen LogP contribution in [0.15, 0.2) is 241 Å². The van der Waals surface area contributed by atoms with Crippen LogP contribution in [-0.2, 0) is 0 Å². The van der Waals surface area contributed by atoms with Crippen LogP contribution < -0.4 is 4.90 Å². The van der Waals surface area contributed by atoms with Crippen molar-refractivity contribution in [3.8, 4) is 55.8 Å². The average molecular weight is 766 g/mol. The molecule has 0 aliphatic carbocycles. The van der Waals surface area contributed by atoms with Gasteiger partial charge in [-0.05, 0) is 121 Å². The fourth-order valence-electron chi connectivity index (χ4n) is 8.57. The molecule has 11 rings (SSSR count). The molecule has 0 bridgehead atoms. The number of hydrogen-bond donors (Lipinski definition) is 0. The molecule has 0 saturated carbocycles. The van der Waals surface area contributed by atoms with Gasteiger partial charge in [0.2, 0.25) is 0 Å². The fraction of sp³-hybridized carbons (Fsp3) is 0. The molecular weight excluding hydrogens is 727 g/mol. The SMILES string of the molecule is c1ccc(-c2c(-c3cccc(-c4ccc(N(c5ccc(-c6ccc7ccccc7c6)cc5)c5ccc(-c6ccc7ccccc7c6)cc5)cc4)c3)oc3ccccc23)cc1. The van der Waals surface area contributed by atoms with Crippen LogP contribution in [0.3, 0.4) is 0 Å². The third-order valence-electron chi connectivity index (χ3n) is 11.7. The maximum absolute atomic E-state index is 6.58. The van der Waals surface area contributed by atoms with E-state index in [0.717, 1.165) is 61.6 Å². The molecule has 0 radical (unpaired) electrons. The van der Waals surface area contributed by atoms with E-state index >= 15 is 0 Å². The number of furan rings is 1. The second kappa shape index (κ2) is 15.1. The van der Waals surface area contributed by atoms with Crippen molar-refractivity contribution in [1.82, 2.24) is 0 Å². The summed E-state index contributed by atoms with van der Waals surface area (Å²) in [5.74, 6) is 0.881.